The number of ether oxygens (including phenoxy) is 3. The summed E-state index contributed by atoms with van der Waals surface area (Å²) >= 11 is 6.13. The van der Waals surface area contributed by atoms with Gasteiger partial charge in [0.2, 0.25) is 5.79 Å². The molecule has 0 heterocycles. The van der Waals surface area contributed by atoms with E-state index in [2.05, 4.69) is 0 Å². The third kappa shape index (κ3) is 2.32. The minimum absolute atomic E-state index is 0.309. The van der Waals surface area contributed by atoms with Gasteiger partial charge in [0.1, 0.15) is 5.75 Å². The summed E-state index contributed by atoms with van der Waals surface area (Å²) in [5.74, 6) is -0.138. The summed E-state index contributed by atoms with van der Waals surface area (Å²) in [6.45, 7) is 1.83. The normalized spacial score (nSPS) is 13.6. The summed E-state index contributed by atoms with van der Waals surface area (Å²) in [7, 11) is 4.78. The highest BCUT2D eigenvalue weighted by atomic mass is 35.5. The Kier molecular flexibility index (Phi) is 4.59. The Morgan fingerprint density at radius 3 is 1.88 bits per heavy atom. The average molecular weight is 245 g/mol. The lowest BCUT2D eigenvalue weighted by atomic mass is 10.0. The van der Waals surface area contributed by atoms with Crippen LogP contribution in [0.2, 0.25) is 0 Å². The van der Waals surface area contributed by atoms with Gasteiger partial charge in [0, 0.05) is 19.8 Å². The fourth-order valence-corrected chi connectivity index (χ4v) is 2.00. The van der Waals surface area contributed by atoms with Gasteiger partial charge in [-0.25, -0.2) is 0 Å². The Labute approximate surface area is 101 Å². The fraction of sp³-hybridized carbons (Fsp3) is 0.500. The molecule has 1 rings (SSSR count). The number of rotatable bonds is 5. The Morgan fingerprint density at radius 1 is 1.06 bits per heavy atom. The van der Waals surface area contributed by atoms with Gasteiger partial charge in [-0.1, -0.05) is 0 Å². The van der Waals surface area contributed by atoms with E-state index in [4.69, 9.17) is 25.8 Å². The molecule has 1 aromatic rings. The van der Waals surface area contributed by atoms with Crippen LogP contribution in [0.4, 0.5) is 0 Å². The summed E-state index contributed by atoms with van der Waals surface area (Å²) in [5.41, 5.74) is 0.862. The summed E-state index contributed by atoms with van der Waals surface area (Å²) < 4.78 is 15.9. The highest BCUT2D eigenvalue weighted by Gasteiger charge is 2.37. The Balaban J connectivity index is 3.10. The van der Waals surface area contributed by atoms with Gasteiger partial charge >= 0.3 is 0 Å². The molecule has 0 saturated heterocycles. The van der Waals surface area contributed by atoms with E-state index >= 15 is 0 Å². The molecular formula is C12H17ClO3. The van der Waals surface area contributed by atoms with E-state index in [0.29, 0.717) is 0 Å². The lowest BCUT2D eigenvalue weighted by Crippen LogP contribution is -2.38. The first-order chi connectivity index (χ1) is 7.60. The second-order valence-electron chi connectivity index (χ2n) is 3.42. The Morgan fingerprint density at radius 2 is 1.56 bits per heavy atom. The molecule has 4 heteroatoms. The van der Waals surface area contributed by atoms with Crippen molar-refractivity contribution in [3.05, 3.63) is 29.8 Å². The zero-order valence-corrected chi connectivity index (χ0v) is 10.7. The molecule has 0 N–H and O–H groups in total. The van der Waals surface area contributed by atoms with Crippen molar-refractivity contribution in [3.63, 3.8) is 0 Å². The molecule has 0 radical (unpaired) electrons. The van der Waals surface area contributed by atoms with Crippen LogP contribution in [0.5, 0.6) is 5.75 Å². The monoisotopic (exact) mass is 244 g/mol. The van der Waals surface area contributed by atoms with Crippen LogP contribution >= 0.6 is 11.6 Å². The van der Waals surface area contributed by atoms with E-state index in [1.54, 1.807) is 21.3 Å². The molecule has 1 unspecified atom stereocenters. The summed E-state index contributed by atoms with van der Waals surface area (Å²) in [4.78, 5) is 0. The second kappa shape index (κ2) is 5.53. The second-order valence-corrected chi connectivity index (χ2v) is 4.07. The van der Waals surface area contributed by atoms with Crippen LogP contribution < -0.4 is 4.74 Å². The van der Waals surface area contributed by atoms with Crippen molar-refractivity contribution >= 4 is 11.6 Å². The SMILES string of the molecule is COc1ccc(C(OC)(OC)C(C)Cl)cc1. The van der Waals surface area contributed by atoms with Gasteiger partial charge < -0.3 is 14.2 Å². The molecule has 0 spiro atoms. The quantitative estimate of drug-likeness (QED) is 0.589. The summed E-state index contributed by atoms with van der Waals surface area (Å²) in [6, 6.07) is 7.46. The molecule has 0 aromatic heterocycles. The van der Waals surface area contributed by atoms with Crippen molar-refractivity contribution in [1.29, 1.82) is 0 Å². The summed E-state index contributed by atoms with van der Waals surface area (Å²) in [5, 5.41) is -0.309. The number of hydrogen-bond donors (Lipinski definition) is 0. The molecular weight excluding hydrogens is 228 g/mol. The Bertz CT molecular complexity index is 318. The molecule has 16 heavy (non-hydrogen) atoms. The highest BCUT2D eigenvalue weighted by molar-refractivity contribution is 6.21. The van der Waals surface area contributed by atoms with Crippen LogP contribution in [0, 0.1) is 0 Å². The van der Waals surface area contributed by atoms with Gasteiger partial charge in [0.15, 0.2) is 0 Å². The van der Waals surface area contributed by atoms with Crippen LogP contribution in [0.1, 0.15) is 12.5 Å². The van der Waals surface area contributed by atoms with Gasteiger partial charge in [-0.15, -0.1) is 11.6 Å². The van der Waals surface area contributed by atoms with Gasteiger partial charge in [-0.2, -0.15) is 0 Å². The molecule has 0 saturated carbocycles. The van der Waals surface area contributed by atoms with Crippen molar-refractivity contribution < 1.29 is 14.2 Å². The van der Waals surface area contributed by atoms with Gasteiger partial charge in [-0.05, 0) is 31.2 Å². The molecule has 0 aliphatic heterocycles. The molecule has 90 valence electrons. The van der Waals surface area contributed by atoms with Crippen molar-refractivity contribution in [2.75, 3.05) is 21.3 Å². The first kappa shape index (κ1) is 13.3. The molecule has 0 fully saturated rings. The molecule has 0 aliphatic carbocycles. The van der Waals surface area contributed by atoms with Crippen LogP contribution in [-0.2, 0) is 15.3 Å². The first-order valence-corrected chi connectivity index (χ1v) is 5.43. The molecule has 0 amide bonds. The molecule has 3 nitrogen and oxygen atoms in total. The third-order valence-corrected chi connectivity index (χ3v) is 2.91. The third-order valence-electron chi connectivity index (χ3n) is 2.62. The zero-order chi connectivity index (χ0) is 12.2. The largest absolute Gasteiger partial charge is 0.497 e. The maximum atomic E-state index is 6.13. The molecule has 0 aliphatic rings. The summed E-state index contributed by atoms with van der Waals surface area (Å²) in [6.07, 6.45) is 0. The zero-order valence-electron chi connectivity index (χ0n) is 9.99. The molecule has 1 atom stereocenters. The van der Waals surface area contributed by atoms with Gasteiger partial charge in [-0.3, -0.25) is 0 Å². The molecule has 1 aromatic carbocycles. The van der Waals surface area contributed by atoms with Gasteiger partial charge in [0.25, 0.3) is 0 Å². The van der Waals surface area contributed by atoms with Crippen molar-refractivity contribution in [1.82, 2.24) is 0 Å². The van der Waals surface area contributed by atoms with Gasteiger partial charge in [0.05, 0.1) is 12.5 Å². The van der Waals surface area contributed by atoms with Crippen molar-refractivity contribution in [3.8, 4) is 5.75 Å². The Hall–Kier alpha value is -0.770. The van der Waals surface area contributed by atoms with Crippen molar-refractivity contribution in [2.24, 2.45) is 0 Å². The van der Waals surface area contributed by atoms with Crippen molar-refractivity contribution in [2.45, 2.75) is 18.1 Å². The van der Waals surface area contributed by atoms with Crippen LogP contribution in [0.3, 0.4) is 0 Å². The van der Waals surface area contributed by atoms with E-state index < -0.39 is 5.79 Å². The predicted molar refractivity (Wildman–Crippen MR) is 64.0 cm³/mol. The fourth-order valence-electron chi connectivity index (χ4n) is 1.70. The first-order valence-electron chi connectivity index (χ1n) is 4.99. The number of methoxy groups -OCH3 is 3. The number of halogens is 1. The lowest BCUT2D eigenvalue weighted by Gasteiger charge is -2.33. The minimum Gasteiger partial charge on any atom is -0.497 e. The van der Waals surface area contributed by atoms with Crippen LogP contribution in [0.15, 0.2) is 24.3 Å². The predicted octanol–water partition coefficient (Wildman–Crippen LogP) is 2.77. The average Bonchev–Trinajstić information content (AvgIpc) is 2.32. The van der Waals surface area contributed by atoms with E-state index in [0.717, 1.165) is 11.3 Å². The van der Waals surface area contributed by atoms with E-state index in [-0.39, 0.29) is 5.38 Å². The van der Waals surface area contributed by atoms with E-state index in [1.165, 1.54) is 0 Å². The number of hydrogen-bond acceptors (Lipinski definition) is 3. The standard InChI is InChI=1S/C12H17ClO3/c1-9(13)12(15-3,16-4)10-5-7-11(14-2)8-6-10/h5-9H,1-4H3. The number of benzene rings is 1. The smallest absolute Gasteiger partial charge is 0.210 e. The minimum atomic E-state index is -0.923. The maximum Gasteiger partial charge on any atom is 0.210 e. The van der Waals surface area contributed by atoms with E-state index in [9.17, 15) is 0 Å². The van der Waals surface area contributed by atoms with Crippen LogP contribution in [0.25, 0.3) is 0 Å². The lowest BCUT2D eigenvalue weighted by molar-refractivity contribution is -0.214. The topological polar surface area (TPSA) is 27.7 Å². The highest BCUT2D eigenvalue weighted by Crippen LogP contribution is 2.33. The maximum absolute atomic E-state index is 6.13. The van der Waals surface area contributed by atoms with Crippen LogP contribution in [-0.4, -0.2) is 26.7 Å². The molecule has 0 bridgehead atoms. The van der Waals surface area contributed by atoms with E-state index in [1.807, 2.05) is 31.2 Å². The number of alkyl halides is 1.